The topological polar surface area (TPSA) is 71.3 Å². The Kier molecular flexibility index (Phi) is 5.40. The highest BCUT2D eigenvalue weighted by atomic mass is 19.4. The Balaban J connectivity index is 2.19. The largest absolute Gasteiger partial charge is 0.433 e. The predicted octanol–water partition coefficient (Wildman–Crippen LogP) is 2.83. The van der Waals surface area contributed by atoms with Crippen LogP contribution in [0.3, 0.4) is 0 Å². The molecule has 0 atom stereocenters. The summed E-state index contributed by atoms with van der Waals surface area (Å²) in [6.07, 6.45) is -1.30. The molecule has 1 aromatic heterocycles. The van der Waals surface area contributed by atoms with Crippen molar-refractivity contribution in [2.75, 3.05) is 31.6 Å². The van der Waals surface area contributed by atoms with Crippen LogP contribution in [0.5, 0.6) is 0 Å². The van der Waals surface area contributed by atoms with Gasteiger partial charge in [-0.25, -0.2) is 4.98 Å². The van der Waals surface area contributed by atoms with Crippen molar-refractivity contribution in [3.8, 4) is 0 Å². The Hall–Kier alpha value is -1.90. The molecule has 1 aromatic rings. The summed E-state index contributed by atoms with van der Waals surface area (Å²) in [6.45, 7) is 1.91. The first kappa shape index (κ1) is 17.5. The van der Waals surface area contributed by atoms with Gasteiger partial charge in [-0.05, 0) is 44.8 Å². The maximum absolute atomic E-state index is 12.8. The molecule has 0 bridgehead atoms. The summed E-state index contributed by atoms with van der Waals surface area (Å²) in [5.41, 5.74) is -1.48. The first-order valence-corrected chi connectivity index (χ1v) is 7.44. The Labute approximate surface area is 131 Å². The van der Waals surface area contributed by atoms with E-state index in [0.717, 1.165) is 31.9 Å². The van der Waals surface area contributed by atoms with E-state index in [0.29, 0.717) is 25.2 Å². The van der Waals surface area contributed by atoms with Gasteiger partial charge >= 0.3 is 11.9 Å². The van der Waals surface area contributed by atoms with Gasteiger partial charge in [0.1, 0.15) is 17.6 Å². The van der Waals surface area contributed by atoms with Gasteiger partial charge in [0.2, 0.25) is 0 Å². The van der Waals surface area contributed by atoms with E-state index >= 15 is 0 Å². The number of aromatic nitrogens is 1. The lowest BCUT2D eigenvalue weighted by molar-refractivity contribution is -0.384. The molecular formula is C14H19F3N4O2. The Bertz CT molecular complexity index is 557. The molecule has 0 aromatic carbocycles. The van der Waals surface area contributed by atoms with Crippen molar-refractivity contribution in [2.45, 2.75) is 25.4 Å². The zero-order chi connectivity index (χ0) is 17.0. The molecule has 2 rings (SSSR count). The minimum absolute atomic E-state index is 0.00407. The molecule has 0 spiro atoms. The lowest BCUT2D eigenvalue weighted by Crippen LogP contribution is -2.35. The van der Waals surface area contributed by atoms with Gasteiger partial charge in [-0.1, -0.05) is 0 Å². The van der Waals surface area contributed by atoms with E-state index in [2.05, 4.69) is 10.3 Å². The molecule has 0 saturated carbocycles. The number of pyridine rings is 1. The van der Waals surface area contributed by atoms with Crippen LogP contribution in [-0.4, -0.2) is 36.6 Å². The zero-order valence-corrected chi connectivity index (χ0v) is 12.8. The minimum atomic E-state index is -4.62. The summed E-state index contributed by atoms with van der Waals surface area (Å²) in [6, 6.07) is 0.784. The molecule has 6 nitrogen and oxygen atoms in total. The van der Waals surface area contributed by atoms with Crippen molar-refractivity contribution >= 4 is 11.4 Å². The molecular weight excluding hydrogens is 313 g/mol. The number of halogens is 3. The van der Waals surface area contributed by atoms with Gasteiger partial charge in [-0.2, -0.15) is 13.2 Å². The smallest absolute Gasteiger partial charge is 0.366 e. The Morgan fingerprint density at radius 2 is 2.09 bits per heavy atom. The van der Waals surface area contributed by atoms with Crippen LogP contribution in [0.25, 0.3) is 0 Å². The van der Waals surface area contributed by atoms with Crippen molar-refractivity contribution in [1.29, 1.82) is 0 Å². The molecule has 128 valence electrons. The third-order valence-electron chi connectivity index (χ3n) is 4.11. The van der Waals surface area contributed by atoms with Crippen LogP contribution < -0.4 is 10.2 Å². The van der Waals surface area contributed by atoms with Crippen LogP contribution in [0.15, 0.2) is 12.3 Å². The number of nitrogens with zero attached hydrogens (tertiary/aromatic N) is 3. The van der Waals surface area contributed by atoms with E-state index in [-0.39, 0.29) is 11.4 Å². The summed E-state index contributed by atoms with van der Waals surface area (Å²) < 4.78 is 38.4. The highest BCUT2D eigenvalue weighted by molar-refractivity contribution is 5.63. The molecule has 1 N–H and O–H groups in total. The summed E-state index contributed by atoms with van der Waals surface area (Å²) in [5, 5.41) is 14.2. The van der Waals surface area contributed by atoms with Gasteiger partial charge in [0.05, 0.1) is 4.92 Å². The van der Waals surface area contributed by atoms with Crippen molar-refractivity contribution in [3.05, 3.63) is 28.1 Å². The molecule has 0 unspecified atom stereocenters. The lowest BCUT2D eigenvalue weighted by atomic mass is 9.93. The maximum atomic E-state index is 12.8. The first-order valence-electron chi connectivity index (χ1n) is 7.44. The van der Waals surface area contributed by atoms with Crippen molar-refractivity contribution in [1.82, 2.24) is 10.3 Å². The van der Waals surface area contributed by atoms with Gasteiger partial charge < -0.3 is 10.2 Å². The fraction of sp³-hybridized carbons (Fsp3) is 0.643. The molecule has 1 aliphatic heterocycles. The monoisotopic (exact) mass is 332 g/mol. The second-order valence-electron chi connectivity index (χ2n) is 5.64. The number of hydrogen-bond acceptors (Lipinski definition) is 5. The molecule has 1 fully saturated rings. The molecule has 0 aliphatic carbocycles. The Morgan fingerprint density at radius 3 is 2.61 bits per heavy atom. The summed E-state index contributed by atoms with van der Waals surface area (Å²) in [5.74, 6) is 0.488. The van der Waals surface area contributed by atoms with Crippen LogP contribution in [0.2, 0.25) is 0 Å². The van der Waals surface area contributed by atoms with Gasteiger partial charge in [0.25, 0.3) is 0 Å². The van der Waals surface area contributed by atoms with E-state index in [1.54, 1.807) is 4.90 Å². The van der Waals surface area contributed by atoms with Crippen molar-refractivity contribution in [2.24, 2.45) is 5.92 Å². The number of piperidine rings is 1. The van der Waals surface area contributed by atoms with Gasteiger partial charge in [0, 0.05) is 13.1 Å². The number of rotatable bonds is 5. The number of nitro groups is 1. The summed E-state index contributed by atoms with van der Waals surface area (Å²) >= 11 is 0. The molecule has 23 heavy (non-hydrogen) atoms. The number of alkyl halides is 3. The average Bonchev–Trinajstić information content (AvgIpc) is 2.52. The molecule has 2 heterocycles. The SMILES string of the molecule is CNCCC1CCN(c2cc(C(F)(F)F)ncc2[N+](=O)[O-])CC1. The van der Waals surface area contributed by atoms with Crippen LogP contribution in [-0.2, 0) is 6.18 Å². The molecule has 1 saturated heterocycles. The van der Waals surface area contributed by atoms with Crippen molar-refractivity contribution in [3.63, 3.8) is 0 Å². The normalized spacial score (nSPS) is 16.6. The summed E-state index contributed by atoms with van der Waals surface area (Å²) in [4.78, 5) is 15.2. The number of nitrogens with one attached hydrogen (secondary N) is 1. The van der Waals surface area contributed by atoms with E-state index in [1.165, 1.54) is 0 Å². The third kappa shape index (κ3) is 4.31. The number of anilines is 1. The van der Waals surface area contributed by atoms with Crippen molar-refractivity contribution < 1.29 is 18.1 Å². The standard InChI is InChI=1S/C14H19F3N4O2/c1-18-5-2-10-3-6-20(7-4-10)11-8-13(14(15,16)17)19-9-12(11)21(22)23/h8-10,18H,2-7H2,1H3. The highest BCUT2D eigenvalue weighted by Gasteiger charge is 2.35. The fourth-order valence-corrected chi connectivity index (χ4v) is 2.80. The average molecular weight is 332 g/mol. The highest BCUT2D eigenvalue weighted by Crippen LogP contribution is 2.36. The van der Waals surface area contributed by atoms with Gasteiger partial charge in [-0.15, -0.1) is 0 Å². The van der Waals surface area contributed by atoms with Crippen LogP contribution in [0.1, 0.15) is 25.0 Å². The van der Waals surface area contributed by atoms with E-state index < -0.39 is 16.8 Å². The van der Waals surface area contributed by atoms with E-state index in [1.807, 2.05) is 7.05 Å². The third-order valence-corrected chi connectivity index (χ3v) is 4.11. The predicted molar refractivity (Wildman–Crippen MR) is 79.4 cm³/mol. The lowest BCUT2D eigenvalue weighted by Gasteiger charge is -2.33. The maximum Gasteiger partial charge on any atom is 0.433 e. The summed E-state index contributed by atoms with van der Waals surface area (Å²) in [7, 11) is 1.87. The minimum Gasteiger partial charge on any atom is -0.366 e. The molecule has 1 aliphatic rings. The second kappa shape index (κ2) is 7.12. The number of hydrogen-bond donors (Lipinski definition) is 1. The molecule has 0 radical (unpaired) electrons. The van der Waals surface area contributed by atoms with Crippen LogP contribution >= 0.6 is 0 Å². The zero-order valence-electron chi connectivity index (χ0n) is 12.8. The fourth-order valence-electron chi connectivity index (χ4n) is 2.80. The Morgan fingerprint density at radius 1 is 1.43 bits per heavy atom. The molecule has 0 amide bonds. The first-order chi connectivity index (χ1) is 10.8. The van der Waals surface area contributed by atoms with Gasteiger partial charge in [0.15, 0.2) is 0 Å². The van der Waals surface area contributed by atoms with Gasteiger partial charge in [-0.3, -0.25) is 10.1 Å². The quantitative estimate of drug-likeness (QED) is 0.663. The van der Waals surface area contributed by atoms with E-state index in [4.69, 9.17) is 0 Å². The van der Waals surface area contributed by atoms with Crippen LogP contribution in [0.4, 0.5) is 24.5 Å². The molecule has 9 heteroatoms. The van der Waals surface area contributed by atoms with Crippen LogP contribution in [0, 0.1) is 16.0 Å². The van der Waals surface area contributed by atoms with E-state index in [9.17, 15) is 23.3 Å². The second-order valence-corrected chi connectivity index (χ2v) is 5.64.